The molecule has 1 unspecified atom stereocenters. The van der Waals surface area contributed by atoms with Crippen LogP contribution >= 0.6 is 0 Å². The van der Waals surface area contributed by atoms with Gasteiger partial charge in [-0.15, -0.1) is 0 Å². The minimum absolute atomic E-state index is 0.0782. The first-order valence-corrected chi connectivity index (χ1v) is 7.92. The summed E-state index contributed by atoms with van der Waals surface area (Å²) in [5.74, 6) is -0.787. The molecule has 2 rings (SSSR count). The smallest absolute Gasteiger partial charge is 0.249 e. The van der Waals surface area contributed by atoms with Crippen LogP contribution in [0.5, 0.6) is 0 Å². The van der Waals surface area contributed by atoms with Crippen molar-refractivity contribution in [2.45, 2.75) is 33.1 Å². The van der Waals surface area contributed by atoms with Crippen molar-refractivity contribution in [3.63, 3.8) is 0 Å². The van der Waals surface area contributed by atoms with E-state index in [-0.39, 0.29) is 17.7 Å². The zero-order chi connectivity index (χ0) is 17.0. The van der Waals surface area contributed by atoms with E-state index in [9.17, 15) is 14.4 Å². The number of nitrogens with two attached hydrogens (primary N) is 1. The number of primary amides is 1. The van der Waals surface area contributed by atoms with E-state index in [0.29, 0.717) is 36.3 Å². The maximum absolute atomic E-state index is 12.5. The summed E-state index contributed by atoms with van der Waals surface area (Å²) in [7, 11) is 0. The van der Waals surface area contributed by atoms with Crippen LogP contribution in [-0.2, 0) is 9.59 Å². The predicted octanol–water partition coefficient (Wildman–Crippen LogP) is 1.68. The highest BCUT2D eigenvalue weighted by atomic mass is 16.2. The van der Waals surface area contributed by atoms with E-state index in [1.54, 1.807) is 30.0 Å². The third-order valence-corrected chi connectivity index (χ3v) is 4.30. The topological polar surface area (TPSA) is 92.5 Å². The molecule has 23 heavy (non-hydrogen) atoms. The Balaban J connectivity index is 2.09. The minimum atomic E-state index is -0.518. The summed E-state index contributed by atoms with van der Waals surface area (Å²) in [5, 5.41) is 2.87. The third-order valence-electron chi connectivity index (χ3n) is 4.30. The van der Waals surface area contributed by atoms with Crippen LogP contribution in [0.4, 0.5) is 5.69 Å². The number of nitrogens with one attached hydrogen (secondary N) is 1. The van der Waals surface area contributed by atoms with E-state index >= 15 is 0 Å². The van der Waals surface area contributed by atoms with Gasteiger partial charge >= 0.3 is 0 Å². The molecular weight excluding hydrogens is 294 g/mol. The van der Waals surface area contributed by atoms with Crippen LogP contribution < -0.4 is 11.1 Å². The number of piperidine rings is 1. The van der Waals surface area contributed by atoms with Crippen molar-refractivity contribution in [3.8, 4) is 0 Å². The fourth-order valence-electron chi connectivity index (χ4n) is 2.91. The zero-order valence-corrected chi connectivity index (χ0v) is 13.6. The van der Waals surface area contributed by atoms with Crippen LogP contribution in [0.2, 0.25) is 0 Å². The molecular formula is C17H23N3O3. The molecule has 0 saturated carbocycles. The van der Waals surface area contributed by atoms with Crippen LogP contribution in [0.3, 0.4) is 0 Å². The number of hydrogen-bond acceptors (Lipinski definition) is 3. The number of amides is 3. The van der Waals surface area contributed by atoms with Crippen molar-refractivity contribution in [1.82, 2.24) is 4.90 Å². The van der Waals surface area contributed by atoms with E-state index in [1.165, 1.54) is 0 Å². The molecule has 6 heteroatoms. The molecule has 1 aromatic carbocycles. The Morgan fingerprint density at radius 3 is 2.74 bits per heavy atom. The van der Waals surface area contributed by atoms with Crippen LogP contribution in [-0.4, -0.2) is 35.7 Å². The summed E-state index contributed by atoms with van der Waals surface area (Å²) in [4.78, 5) is 37.4. The van der Waals surface area contributed by atoms with E-state index < -0.39 is 5.91 Å². The van der Waals surface area contributed by atoms with Crippen LogP contribution in [0.15, 0.2) is 18.2 Å². The molecule has 1 aliphatic heterocycles. The van der Waals surface area contributed by atoms with Gasteiger partial charge in [-0.25, -0.2) is 0 Å². The summed E-state index contributed by atoms with van der Waals surface area (Å²) in [6.45, 7) is 4.74. The first-order valence-electron chi connectivity index (χ1n) is 7.92. The van der Waals surface area contributed by atoms with Gasteiger partial charge in [0.15, 0.2) is 0 Å². The van der Waals surface area contributed by atoms with E-state index in [1.807, 2.05) is 6.92 Å². The second-order valence-corrected chi connectivity index (χ2v) is 5.86. The molecule has 1 aromatic rings. The van der Waals surface area contributed by atoms with Gasteiger partial charge in [-0.2, -0.15) is 0 Å². The summed E-state index contributed by atoms with van der Waals surface area (Å²) in [6, 6.07) is 5.07. The minimum Gasteiger partial charge on any atom is -0.366 e. The molecule has 6 nitrogen and oxygen atoms in total. The molecule has 0 aliphatic carbocycles. The van der Waals surface area contributed by atoms with Gasteiger partial charge in [0.2, 0.25) is 17.7 Å². The number of rotatable bonds is 4. The number of carbonyl (C=O) groups is 3. The Bertz CT molecular complexity index is 628. The number of likely N-dealkylation sites (tertiary alicyclic amines) is 1. The van der Waals surface area contributed by atoms with Gasteiger partial charge in [0.25, 0.3) is 0 Å². The highest BCUT2D eigenvalue weighted by Crippen LogP contribution is 2.22. The van der Waals surface area contributed by atoms with Crippen LogP contribution in [0.1, 0.15) is 42.1 Å². The lowest BCUT2D eigenvalue weighted by atomic mass is 9.96. The van der Waals surface area contributed by atoms with Crippen molar-refractivity contribution in [1.29, 1.82) is 0 Å². The van der Waals surface area contributed by atoms with Gasteiger partial charge in [-0.1, -0.05) is 13.0 Å². The predicted molar refractivity (Wildman–Crippen MR) is 87.9 cm³/mol. The van der Waals surface area contributed by atoms with Gasteiger partial charge in [0.1, 0.15) is 0 Å². The molecule has 0 radical (unpaired) electrons. The summed E-state index contributed by atoms with van der Waals surface area (Å²) in [5.41, 5.74) is 6.97. The summed E-state index contributed by atoms with van der Waals surface area (Å²) in [6.07, 6.45) is 2.03. The monoisotopic (exact) mass is 317 g/mol. The number of carbonyl (C=O) groups excluding carboxylic acids is 3. The number of hydrogen-bond donors (Lipinski definition) is 2. The lowest BCUT2D eigenvalue weighted by molar-refractivity contribution is -0.134. The fourth-order valence-corrected chi connectivity index (χ4v) is 2.91. The average molecular weight is 317 g/mol. The molecule has 3 N–H and O–H groups in total. The highest BCUT2D eigenvalue weighted by molar-refractivity contribution is 5.99. The Kier molecular flexibility index (Phi) is 5.36. The molecule has 0 bridgehead atoms. The molecule has 0 aromatic heterocycles. The van der Waals surface area contributed by atoms with Crippen molar-refractivity contribution in [2.24, 2.45) is 11.7 Å². The number of anilines is 1. The third kappa shape index (κ3) is 3.88. The zero-order valence-electron chi connectivity index (χ0n) is 13.6. The standard InChI is InChI=1S/C17H23N3O3/c1-3-15(21)20-9-5-6-12(10-20)17(23)19-14-8-4-7-13(11(14)2)16(18)22/h4,7-8,12H,3,5-6,9-10H2,1-2H3,(H2,18,22)(H,19,23). The molecule has 1 fully saturated rings. The Hall–Kier alpha value is -2.37. The van der Waals surface area contributed by atoms with E-state index in [0.717, 1.165) is 12.8 Å². The number of nitrogens with zero attached hydrogens (tertiary/aromatic N) is 1. The first kappa shape index (κ1) is 17.0. The maximum Gasteiger partial charge on any atom is 0.249 e. The summed E-state index contributed by atoms with van der Waals surface area (Å²) < 4.78 is 0. The second-order valence-electron chi connectivity index (χ2n) is 5.86. The van der Waals surface area contributed by atoms with Gasteiger partial charge in [-0.05, 0) is 37.5 Å². The quantitative estimate of drug-likeness (QED) is 0.885. The van der Waals surface area contributed by atoms with E-state index in [2.05, 4.69) is 5.32 Å². The van der Waals surface area contributed by atoms with Crippen molar-refractivity contribution in [2.75, 3.05) is 18.4 Å². The van der Waals surface area contributed by atoms with Gasteiger partial charge in [0, 0.05) is 30.8 Å². The highest BCUT2D eigenvalue weighted by Gasteiger charge is 2.28. The van der Waals surface area contributed by atoms with E-state index in [4.69, 9.17) is 5.73 Å². The van der Waals surface area contributed by atoms with Gasteiger partial charge in [-0.3, -0.25) is 14.4 Å². The Morgan fingerprint density at radius 1 is 1.35 bits per heavy atom. The van der Waals surface area contributed by atoms with Gasteiger partial charge < -0.3 is 16.0 Å². The average Bonchev–Trinajstić information content (AvgIpc) is 2.55. The summed E-state index contributed by atoms with van der Waals surface area (Å²) >= 11 is 0. The Morgan fingerprint density at radius 2 is 2.09 bits per heavy atom. The molecule has 3 amide bonds. The van der Waals surface area contributed by atoms with Crippen LogP contribution in [0, 0.1) is 12.8 Å². The fraction of sp³-hybridized carbons (Fsp3) is 0.471. The molecule has 1 aliphatic rings. The van der Waals surface area contributed by atoms with Crippen molar-refractivity contribution >= 4 is 23.4 Å². The maximum atomic E-state index is 12.5. The molecule has 1 atom stereocenters. The van der Waals surface area contributed by atoms with Crippen molar-refractivity contribution in [3.05, 3.63) is 29.3 Å². The SMILES string of the molecule is CCC(=O)N1CCCC(C(=O)Nc2cccc(C(N)=O)c2C)C1. The van der Waals surface area contributed by atoms with Gasteiger partial charge in [0.05, 0.1) is 5.92 Å². The molecule has 0 spiro atoms. The lowest BCUT2D eigenvalue weighted by Crippen LogP contribution is -2.43. The Labute approximate surface area is 136 Å². The lowest BCUT2D eigenvalue weighted by Gasteiger charge is -2.32. The normalized spacial score (nSPS) is 17.7. The molecule has 124 valence electrons. The second kappa shape index (κ2) is 7.26. The van der Waals surface area contributed by atoms with Crippen LogP contribution in [0.25, 0.3) is 0 Å². The number of benzene rings is 1. The molecule has 1 heterocycles. The largest absolute Gasteiger partial charge is 0.366 e. The van der Waals surface area contributed by atoms with Crippen molar-refractivity contribution < 1.29 is 14.4 Å². The first-order chi connectivity index (χ1) is 10.9. The molecule has 1 saturated heterocycles.